The molecule has 36 heteroatoms. The Bertz CT molecular complexity index is 4860. The number of nitrogens with two attached hydrogens (primary N) is 2. The number of phenols is 3. The predicted molar refractivity (Wildman–Crippen MR) is 409 cm³/mol. The maximum Gasteiger partial charge on any atom is 0.261 e. The number of hydrazine groups is 1. The zero-order chi connectivity index (χ0) is 82.8. The van der Waals surface area contributed by atoms with E-state index < -0.39 is 231 Å². The summed E-state index contributed by atoms with van der Waals surface area (Å²) in [6.45, 7) is 5.67. The second kappa shape index (κ2) is 35.1. The molecule has 115 heavy (non-hydrogen) atoms. The van der Waals surface area contributed by atoms with E-state index in [-0.39, 0.29) is 58.5 Å². The standard InChI is InChI=1S/C79H87Cl2N11O23/c1-33(2)21-47(84-5)71(103)90-62-64(98)39-16-19-51(45(80)23-39)111-53-25-41-26-54(68(53)115-78-69(67(101)66(100)55(32-93)113-78)114-57-30-79(4,83)70(102)34(3)110-57)112-52-20-17-40(24-46(52)81)65(99)63-76(108)89-61(77(109)92-85-31-35-11-13-37(14-12-35)36-9-7-6-8-10-36)44-27-42(94)28-50(96)58(44)43-22-38(15-18-49(43)95)59(73(105)91-63)88-74(106)60(41)87-72(104)48(29-56(82)97)86-75(62)107/h6-20,22-28,33-34,47-48,55,57,59-67,69-70,78,84-85,93-96,98-102H,21,29-32,83H2,1-5H3,(H2,82,97)(H,86,107)(H,87,104)(H,88,106)(H,89,108)(H,90,103)(H,91,105)(H,92,109)/t34-,47+,48-,55+,57-,59+,60+,61-,62+,63-,64+,65+,66+,67-,69+,70+,78-,79-/m0/s1. The molecule has 2 saturated heterocycles. The average molecular weight is 1630 g/mol. The molecular weight excluding hydrogens is 1540 g/mol. The van der Waals surface area contributed by atoms with Crippen LogP contribution in [-0.4, -0.2) is 186 Å². The van der Waals surface area contributed by atoms with Crippen molar-refractivity contribution in [1.82, 2.24) is 48.1 Å². The van der Waals surface area contributed by atoms with Crippen LogP contribution in [0.4, 0.5) is 0 Å². The molecule has 7 aliphatic rings. The van der Waals surface area contributed by atoms with E-state index in [1.165, 1.54) is 39.1 Å². The molecule has 18 atom stereocenters. The number of aliphatic hydroxyl groups is 6. The number of rotatable bonds is 17. The Morgan fingerprint density at radius 2 is 1.29 bits per heavy atom. The summed E-state index contributed by atoms with van der Waals surface area (Å²) in [5, 5.41) is 123. The van der Waals surface area contributed by atoms with Crippen LogP contribution in [0.2, 0.25) is 10.0 Å². The summed E-state index contributed by atoms with van der Waals surface area (Å²) in [6, 6.07) is 17.0. The van der Waals surface area contributed by atoms with E-state index in [9.17, 15) is 65.1 Å². The van der Waals surface area contributed by atoms with Gasteiger partial charge in [-0.2, -0.15) is 0 Å². The number of likely N-dealkylation sites (N-methyl/N-ethyl adjacent to an activating group) is 1. The van der Waals surface area contributed by atoms with E-state index >= 15 is 19.2 Å². The molecule has 0 spiro atoms. The van der Waals surface area contributed by atoms with E-state index in [2.05, 4.69) is 48.1 Å². The SMILES string of the molecule is CN[C@H](CC(C)C)C(=O)N[C@H]1C(=O)N[C@@H](CC(N)=O)C(=O)N[C@H]2C(=O)N[C@H]3C(=O)N[C@H](C(=O)N[C@H](C(=O)NNCc4ccc(-c5ccccc5)cc4)c4cc(O)cc(O)c4-c4cc3ccc4O)[C@H](O)c3ccc(c(Cl)c3)Oc3cc2cc(c3O[C@@H]2O[C@H](CO)[C@@H](O)[C@H](O)[C@H]2O[C@H]2C[C@](C)(N)[C@H](O)[C@H](C)O2)Oc2ccc(cc2Cl)[C@H]1O. The highest BCUT2D eigenvalue weighted by molar-refractivity contribution is 6.32. The van der Waals surface area contributed by atoms with Crippen molar-refractivity contribution in [1.29, 1.82) is 0 Å². The molecule has 2 fully saturated rings. The van der Waals surface area contributed by atoms with Crippen LogP contribution in [0.3, 0.4) is 0 Å². The Labute approximate surface area is 667 Å². The topological polar surface area (TPSA) is 534 Å². The molecule has 0 aliphatic carbocycles. The summed E-state index contributed by atoms with van der Waals surface area (Å²) < 4.78 is 38.7. The molecule has 14 rings (SSSR count). The zero-order valence-electron chi connectivity index (χ0n) is 62.3. The van der Waals surface area contributed by atoms with Gasteiger partial charge in [-0.15, -0.1) is 0 Å². The number of primary amides is 1. The number of aromatic hydroxyl groups is 3. The Balaban J connectivity index is 1.05. The van der Waals surface area contributed by atoms with Crippen molar-refractivity contribution in [3.05, 3.63) is 177 Å². The van der Waals surface area contributed by atoms with Gasteiger partial charge in [0.15, 0.2) is 23.9 Å². The molecule has 11 bridgehead atoms. The highest BCUT2D eigenvalue weighted by Gasteiger charge is 2.52. The van der Waals surface area contributed by atoms with Crippen LogP contribution in [0, 0.1) is 5.92 Å². The molecule has 0 radical (unpaired) electrons. The van der Waals surface area contributed by atoms with Crippen molar-refractivity contribution in [3.8, 4) is 68.2 Å². The highest BCUT2D eigenvalue weighted by atomic mass is 35.5. The number of carbonyl (C=O) groups excluding carboxylic acids is 8. The molecule has 7 aromatic carbocycles. The van der Waals surface area contributed by atoms with Crippen molar-refractivity contribution in [2.24, 2.45) is 17.4 Å². The fourth-order valence-electron chi connectivity index (χ4n) is 14.3. The third-order valence-corrected chi connectivity index (χ3v) is 20.9. The van der Waals surface area contributed by atoms with Crippen LogP contribution in [0.15, 0.2) is 133 Å². The highest BCUT2D eigenvalue weighted by Crippen LogP contribution is 2.50. The largest absolute Gasteiger partial charge is 0.508 e. The minimum absolute atomic E-state index is 0.0226. The third-order valence-electron chi connectivity index (χ3n) is 20.4. The van der Waals surface area contributed by atoms with Crippen molar-refractivity contribution in [2.45, 2.75) is 163 Å². The predicted octanol–water partition coefficient (Wildman–Crippen LogP) is 2.51. The van der Waals surface area contributed by atoms with Gasteiger partial charge in [0.2, 0.25) is 53.4 Å². The molecule has 0 aromatic heterocycles. The van der Waals surface area contributed by atoms with Gasteiger partial charge in [0.25, 0.3) is 5.91 Å². The Kier molecular flexibility index (Phi) is 25.5. The first kappa shape index (κ1) is 83.6. The molecular formula is C79H87Cl2N11O23. The van der Waals surface area contributed by atoms with Crippen molar-refractivity contribution < 1.29 is 113 Å². The quantitative estimate of drug-likeness (QED) is 0.0582. The number of halogens is 2. The number of hydrogen-bond acceptors (Lipinski definition) is 26. The second-order valence-electron chi connectivity index (χ2n) is 29.3. The fourth-order valence-corrected chi connectivity index (χ4v) is 14.7. The monoisotopic (exact) mass is 1630 g/mol. The number of phenolic OH excluding ortho intramolecular Hbond substituents is 3. The number of benzene rings is 7. The number of nitrogens with one attached hydrogen (secondary N) is 9. The van der Waals surface area contributed by atoms with Gasteiger partial charge in [0.1, 0.15) is 95.5 Å². The number of amides is 8. The third kappa shape index (κ3) is 18.5. The zero-order valence-corrected chi connectivity index (χ0v) is 63.8. The van der Waals surface area contributed by atoms with Crippen LogP contribution in [-0.2, 0) is 59.1 Å². The molecule has 22 N–H and O–H groups in total. The lowest BCUT2D eigenvalue weighted by Crippen LogP contribution is -2.64. The Hall–Kier alpha value is -10.8. The van der Waals surface area contributed by atoms with Gasteiger partial charge in [0.05, 0.1) is 41.3 Å². The average Bonchev–Trinajstić information content (AvgIpc) is 0.765. The first-order chi connectivity index (χ1) is 54.7. The fraction of sp³-hybridized carbons (Fsp3) is 0.367. The van der Waals surface area contributed by atoms with Crippen LogP contribution in [0.5, 0.6) is 46.0 Å². The summed E-state index contributed by atoms with van der Waals surface area (Å²) in [6.07, 6.45) is -18.6. The lowest BCUT2D eigenvalue weighted by atomic mass is 9.86. The smallest absolute Gasteiger partial charge is 0.261 e. The van der Waals surface area contributed by atoms with Crippen LogP contribution < -0.4 is 73.7 Å². The molecule has 7 heterocycles. The minimum Gasteiger partial charge on any atom is -0.508 e. The van der Waals surface area contributed by atoms with E-state index in [1.54, 1.807) is 12.1 Å². The molecule has 7 aliphatic heterocycles. The maximum atomic E-state index is 16.3. The maximum absolute atomic E-state index is 16.3. The van der Waals surface area contributed by atoms with E-state index in [4.69, 9.17) is 63.1 Å². The summed E-state index contributed by atoms with van der Waals surface area (Å²) in [7, 11) is 1.48. The Morgan fingerprint density at radius 1 is 0.670 bits per heavy atom. The second-order valence-corrected chi connectivity index (χ2v) is 30.1. The molecule has 0 unspecified atom stereocenters. The minimum atomic E-state index is -2.35. The first-order valence-electron chi connectivity index (χ1n) is 36.6. The molecule has 610 valence electrons. The molecule has 8 amide bonds. The van der Waals surface area contributed by atoms with Gasteiger partial charge in [0, 0.05) is 35.7 Å². The lowest BCUT2D eigenvalue weighted by molar-refractivity contribution is -0.333. The molecule has 0 saturated carbocycles. The summed E-state index contributed by atoms with van der Waals surface area (Å²) >= 11 is 14.3. The summed E-state index contributed by atoms with van der Waals surface area (Å²) in [4.78, 5) is 120. The van der Waals surface area contributed by atoms with Crippen molar-refractivity contribution in [3.63, 3.8) is 0 Å². The summed E-state index contributed by atoms with van der Waals surface area (Å²) in [5.74, 6) is -14.9. The lowest BCUT2D eigenvalue weighted by Gasteiger charge is -2.47. The van der Waals surface area contributed by atoms with Crippen LogP contribution in [0.1, 0.15) is 111 Å². The van der Waals surface area contributed by atoms with E-state index in [0.29, 0.717) is 5.56 Å². The van der Waals surface area contributed by atoms with Gasteiger partial charge < -0.3 is 123 Å². The number of aliphatic hydroxyl groups excluding tert-OH is 6. The van der Waals surface area contributed by atoms with Crippen LogP contribution in [0.25, 0.3) is 22.3 Å². The number of carbonyl (C=O) groups is 8. The number of fused-ring (bicyclic) bond motifs is 15. The van der Waals surface area contributed by atoms with E-state index in [0.717, 1.165) is 71.8 Å². The number of ether oxygens (including phenoxy) is 6. The molecule has 7 aromatic rings. The van der Waals surface area contributed by atoms with Crippen molar-refractivity contribution >= 4 is 70.5 Å². The summed E-state index contributed by atoms with van der Waals surface area (Å²) in [5.41, 5.74) is 16.4. The first-order valence-corrected chi connectivity index (χ1v) is 37.3. The van der Waals surface area contributed by atoms with E-state index in [1.807, 2.05) is 56.3 Å². The van der Waals surface area contributed by atoms with Gasteiger partial charge in [-0.3, -0.25) is 43.8 Å². The van der Waals surface area contributed by atoms with Gasteiger partial charge >= 0.3 is 0 Å². The van der Waals surface area contributed by atoms with Crippen LogP contribution >= 0.6 is 23.2 Å². The number of hydrogen-bond donors (Lipinski definition) is 20. The van der Waals surface area contributed by atoms with Gasteiger partial charge in [-0.05, 0) is 132 Å². The van der Waals surface area contributed by atoms with Gasteiger partial charge in [-0.1, -0.05) is 110 Å². The molecule has 34 nitrogen and oxygen atoms in total. The normalized spacial score (nSPS) is 27.2. The van der Waals surface area contributed by atoms with Gasteiger partial charge in [-0.25, -0.2) is 5.43 Å². The van der Waals surface area contributed by atoms with Crippen molar-refractivity contribution in [2.75, 3.05) is 13.7 Å². The Morgan fingerprint density at radius 3 is 1.90 bits per heavy atom.